The van der Waals surface area contributed by atoms with Crippen LogP contribution < -0.4 is 22.9 Å². The van der Waals surface area contributed by atoms with Gasteiger partial charge in [-0.1, -0.05) is 25.1 Å². The lowest BCUT2D eigenvalue weighted by Gasteiger charge is -2.36. The number of likely N-dealkylation sites (tertiary alicyclic amines) is 1. The van der Waals surface area contributed by atoms with Crippen molar-refractivity contribution in [2.24, 2.45) is 5.92 Å². The minimum Gasteiger partial charge on any atom is -0.397 e. The molecule has 4 aromatic carbocycles. The van der Waals surface area contributed by atoms with Gasteiger partial charge in [0.05, 0.1) is 112 Å². The summed E-state index contributed by atoms with van der Waals surface area (Å²) in [5.74, 6) is -4.17. The summed E-state index contributed by atoms with van der Waals surface area (Å²) >= 11 is 0. The predicted octanol–water partition coefficient (Wildman–Crippen LogP) is 13.6. The van der Waals surface area contributed by atoms with Gasteiger partial charge in [0.1, 0.15) is 40.7 Å². The van der Waals surface area contributed by atoms with Gasteiger partial charge < -0.3 is 42.5 Å². The summed E-state index contributed by atoms with van der Waals surface area (Å²) in [5, 5.41) is 0. The minimum atomic E-state index is -0.717. The lowest BCUT2D eigenvalue weighted by molar-refractivity contribution is -0.131. The highest BCUT2D eigenvalue weighted by Crippen LogP contribution is 2.34. The molecule has 0 unspecified atom stereocenters. The second-order valence-electron chi connectivity index (χ2n) is 29.5. The van der Waals surface area contributed by atoms with E-state index in [1.165, 1.54) is 36.4 Å². The third kappa shape index (κ3) is 18.5. The van der Waals surface area contributed by atoms with Crippen LogP contribution in [0.15, 0.2) is 176 Å². The second-order valence-corrected chi connectivity index (χ2v) is 29.5. The summed E-state index contributed by atoms with van der Waals surface area (Å²) in [4.78, 5) is 95.8. The van der Waals surface area contributed by atoms with Crippen LogP contribution in [0.2, 0.25) is 0 Å². The van der Waals surface area contributed by atoms with Crippen LogP contribution in [0, 0.1) is 67.4 Å². The molecule has 0 atom stereocenters. The maximum Gasteiger partial charge on any atom is 0.229 e. The number of nitrogens with zero attached hydrogens (tertiary/aromatic N) is 13. The van der Waals surface area contributed by atoms with Crippen molar-refractivity contribution in [1.29, 1.82) is 0 Å². The molecular weight excluding hydrogens is 1490 g/mol. The molecule has 12 aromatic rings. The minimum absolute atomic E-state index is 0.00241. The van der Waals surface area contributed by atoms with E-state index in [-0.39, 0.29) is 71.8 Å². The van der Waals surface area contributed by atoms with E-state index in [1.54, 1.807) is 92.5 Å². The summed E-state index contributed by atoms with van der Waals surface area (Å²) in [6.07, 6.45) is 5.56. The summed E-state index contributed by atoms with van der Waals surface area (Å²) in [5.41, 5.74) is 41.5. The van der Waals surface area contributed by atoms with Crippen molar-refractivity contribution in [3.05, 3.63) is 307 Å². The van der Waals surface area contributed by atoms with Crippen LogP contribution in [0.1, 0.15) is 97.1 Å². The number of halogens is 7. The fourth-order valence-electron chi connectivity index (χ4n) is 14.5. The highest BCUT2D eigenvalue weighted by Gasteiger charge is 2.31. The Labute approximate surface area is 664 Å². The van der Waals surface area contributed by atoms with Gasteiger partial charge in [-0.2, -0.15) is 0 Å². The molecule has 0 radical (unpaired) electrons. The molecule has 0 aliphatic carbocycles. The normalized spacial score (nSPS) is 13.8. The fraction of sp³-hybridized carbons (Fsp3) is 0.227. The van der Waals surface area contributed by atoms with Crippen molar-refractivity contribution in [2.45, 2.75) is 112 Å². The number of aromatic nitrogens is 8. The molecule has 590 valence electrons. The third-order valence-electron chi connectivity index (χ3n) is 20.7. The number of hydrogen-bond donors (Lipinski definition) is 4. The Balaban J connectivity index is 0.000000128. The molecule has 1 saturated heterocycles. The molecule has 0 bridgehead atoms. The van der Waals surface area contributed by atoms with Gasteiger partial charge in [0.2, 0.25) is 23.6 Å². The van der Waals surface area contributed by atoms with Gasteiger partial charge in [0.15, 0.2) is 0 Å². The molecule has 0 saturated carbocycles. The first-order valence-electron chi connectivity index (χ1n) is 37.4. The molecule has 4 amide bonds. The zero-order chi connectivity index (χ0) is 81.8. The Morgan fingerprint density at radius 2 is 0.698 bits per heavy atom. The van der Waals surface area contributed by atoms with Gasteiger partial charge in [0, 0.05) is 142 Å². The Hall–Kier alpha value is -13.4. The average Bonchev–Trinajstić information content (AvgIpc) is 1.54. The molecule has 0 spiro atoms. The number of carbonyl (C=O) groups is 4. The predicted molar refractivity (Wildman–Crippen MR) is 423 cm³/mol. The molecule has 28 heteroatoms. The number of nitrogens with two attached hydrogens (primary N) is 4. The van der Waals surface area contributed by atoms with E-state index in [9.17, 15) is 49.9 Å². The second kappa shape index (κ2) is 34.1. The summed E-state index contributed by atoms with van der Waals surface area (Å²) in [6, 6.07) is 39.1. The van der Waals surface area contributed by atoms with Crippen molar-refractivity contribution in [1.82, 2.24) is 64.4 Å². The standard InChI is InChI=1S/C25H25F2N5O.2C21H18F2N4O.C21H19FN4O/c1-15-10-31(11-15)14-19-6-16-12-32(13-17(16)9-29-19)25(33)8-24-22(28)4-5-23(30-24)20-3-2-18(26)7-21(20)27;1-12-6-13-10-27(11-14(13)9-25-12)21(28)8-20-18(24)4-5-19(26-20)16-3-2-15(22)7-17(16)23;1-12-2-3-13-10-27(11-20(13)25-12)21(28)9-19-17(24)6-7-18(26-19)15-5-4-14(22)8-16(15)23;1-13-8-14-11-26(12-15(14)10-24-13)21(27)9-20-18(23)6-7-19(25-20)16-4-2-3-5-17(16)22/h2-7,9,15H,8,10-14,28H2,1H3;2-7,9H,8,10-11,24H2,1H3;2-8H,9-11,24H2,1H3;2-8,10H,9,11-12,23H2,1H3. The van der Waals surface area contributed by atoms with Crippen molar-refractivity contribution in [3.63, 3.8) is 0 Å². The average molecular weight is 1570 g/mol. The molecule has 8 aromatic heterocycles. The van der Waals surface area contributed by atoms with Crippen LogP contribution in [-0.4, -0.2) is 101 Å². The molecular formula is C88H80F7N17O4. The first-order chi connectivity index (χ1) is 55.7. The summed E-state index contributed by atoms with van der Waals surface area (Å²) in [7, 11) is 0. The number of anilines is 4. The molecule has 5 aliphatic rings. The number of aryl methyl sites for hydroxylation is 3. The first kappa shape index (κ1) is 79.3. The number of amides is 4. The zero-order valence-electron chi connectivity index (χ0n) is 63.8. The smallest absolute Gasteiger partial charge is 0.229 e. The van der Waals surface area contributed by atoms with Gasteiger partial charge in [-0.3, -0.25) is 63.9 Å². The summed E-state index contributed by atoms with van der Waals surface area (Å²) in [6.45, 7) is 15.1. The van der Waals surface area contributed by atoms with Gasteiger partial charge in [-0.25, -0.2) is 30.7 Å². The number of nitrogen functional groups attached to an aromatic ring is 4. The van der Waals surface area contributed by atoms with Crippen LogP contribution in [0.3, 0.4) is 0 Å². The van der Waals surface area contributed by atoms with E-state index >= 15 is 0 Å². The fourth-order valence-corrected chi connectivity index (χ4v) is 14.5. The Kier molecular flexibility index (Phi) is 23.3. The topological polar surface area (TPSA) is 292 Å². The highest BCUT2D eigenvalue weighted by molar-refractivity contribution is 5.84. The van der Waals surface area contributed by atoms with Crippen LogP contribution in [0.5, 0.6) is 0 Å². The van der Waals surface area contributed by atoms with Gasteiger partial charge in [-0.15, -0.1) is 0 Å². The van der Waals surface area contributed by atoms with E-state index in [0.717, 1.165) is 117 Å². The Morgan fingerprint density at radius 1 is 0.353 bits per heavy atom. The first-order valence-corrected chi connectivity index (χ1v) is 37.4. The number of hydrogen-bond acceptors (Lipinski definition) is 17. The third-order valence-corrected chi connectivity index (χ3v) is 20.7. The maximum absolute atomic E-state index is 14.2. The molecule has 5 aliphatic heterocycles. The highest BCUT2D eigenvalue weighted by atomic mass is 19.2. The Bertz CT molecular complexity index is 5660. The van der Waals surface area contributed by atoms with Crippen molar-refractivity contribution >= 4 is 46.4 Å². The van der Waals surface area contributed by atoms with Crippen LogP contribution in [-0.2, 0) is 104 Å². The zero-order valence-corrected chi connectivity index (χ0v) is 63.8. The van der Waals surface area contributed by atoms with Crippen molar-refractivity contribution in [3.8, 4) is 45.0 Å². The van der Waals surface area contributed by atoms with Gasteiger partial charge in [-0.05, 0) is 187 Å². The van der Waals surface area contributed by atoms with Crippen molar-refractivity contribution in [2.75, 3.05) is 36.0 Å². The van der Waals surface area contributed by atoms with Crippen molar-refractivity contribution < 1.29 is 49.9 Å². The maximum atomic E-state index is 14.2. The van der Waals surface area contributed by atoms with Gasteiger partial charge >= 0.3 is 0 Å². The van der Waals surface area contributed by atoms with Gasteiger partial charge in [0.25, 0.3) is 0 Å². The largest absolute Gasteiger partial charge is 0.397 e. The molecule has 13 heterocycles. The van der Waals surface area contributed by atoms with Crippen LogP contribution >= 0.6 is 0 Å². The number of fused-ring (bicyclic) bond motifs is 4. The molecule has 1 fully saturated rings. The molecule has 116 heavy (non-hydrogen) atoms. The lowest BCUT2D eigenvalue weighted by atomic mass is 10.0. The number of carbonyl (C=O) groups excluding carboxylic acids is 4. The van der Waals surface area contributed by atoms with E-state index in [4.69, 9.17) is 22.9 Å². The van der Waals surface area contributed by atoms with Crippen LogP contribution in [0.4, 0.5) is 53.5 Å². The molecule has 21 nitrogen and oxygen atoms in total. The van der Waals surface area contributed by atoms with E-state index in [1.807, 2.05) is 57.4 Å². The van der Waals surface area contributed by atoms with Crippen LogP contribution in [0.25, 0.3) is 45.0 Å². The quantitative estimate of drug-likeness (QED) is 0.0736. The lowest BCUT2D eigenvalue weighted by Crippen LogP contribution is -2.44. The Morgan fingerprint density at radius 3 is 1.08 bits per heavy atom. The monoisotopic (exact) mass is 1570 g/mol. The SMILES string of the molecule is CC1CN(Cc2cc3c(cn2)CN(C(=O)Cc2nc(-c4ccc(F)cc4F)ccc2N)C3)C1.Cc1cc2c(cn1)CN(C(=O)Cc1nc(-c3ccc(F)cc3F)ccc1N)C2.Cc1cc2c(cn1)CN(C(=O)Cc1nc(-c3ccccc3F)ccc1N)C2.Cc1ccc2c(n1)CN(C(=O)Cc1nc(-c3ccc(F)cc3F)ccc1N)C2. The molecule has 8 N–H and O–H groups in total. The van der Waals surface area contributed by atoms with E-state index < -0.39 is 34.9 Å². The number of benzene rings is 4. The van der Waals surface area contributed by atoms with E-state index in [0.29, 0.717) is 126 Å². The summed E-state index contributed by atoms with van der Waals surface area (Å²) < 4.78 is 95.9. The molecule has 17 rings (SSSR count). The number of rotatable bonds is 14. The van der Waals surface area contributed by atoms with E-state index in [2.05, 4.69) is 57.8 Å². The number of pyridine rings is 8.